The molecule has 5 atom stereocenters. The number of benzene rings is 4. The topological polar surface area (TPSA) is 278 Å². The molecule has 6 rings (SSSR count). The van der Waals surface area contributed by atoms with Crippen LogP contribution in [-0.4, -0.2) is 130 Å². The van der Waals surface area contributed by atoms with Gasteiger partial charge in [-0.25, -0.2) is 14.5 Å². The lowest BCUT2D eigenvalue weighted by Gasteiger charge is -2.42. The molecule has 4 aromatic carbocycles. The average molecular weight is 1270 g/mol. The van der Waals surface area contributed by atoms with E-state index in [2.05, 4.69) is 73.1 Å². The van der Waals surface area contributed by atoms with Gasteiger partial charge in [0, 0.05) is 37.8 Å². The fourth-order valence-electron chi connectivity index (χ4n) is 11.1. The zero-order valence-electron chi connectivity index (χ0n) is 53.8. The van der Waals surface area contributed by atoms with Gasteiger partial charge in [-0.3, -0.25) is 28.8 Å². The first-order valence-corrected chi connectivity index (χ1v) is 35.9. The van der Waals surface area contributed by atoms with E-state index in [0.29, 0.717) is 57.5 Å². The zero-order valence-corrected chi connectivity index (χ0v) is 55.8. The molecule has 8 amide bonds. The quantitative estimate of drug-likeness (QED) is 0.0209. The maximum atomic E-state index is 15.7. The van der Waals surface area contributed by atoms with Crippen molar-refractivity contribution in [1.29, 1.82) is 0 Å². The molecule has 484 valence electrons. The number of fused-ring (bicyclic) bond motifs is 1. The molecule has 4 aromatic rings. The number of amides is 8. The van der Waals surface area contributed by atoms with Crippen LogP contribution in [-0.2, 0) is 62.3 Å². The molecule has 2 aliphatic heterocycles. The van der Waals surface area contributed by atoms with Crippen LogP contribution < -0.4 is 36.7 Å². The van der Waals surface area contributed by atoms with Crippen LogP contribution >= 0.6 is 0 Å². The van der Waals surface area contributed by atoms with E-state index < -0.39 is 99.6 Å². The third-order valence-corrected chi connectivity index (χ3v) is 27.3. The summed E-state index contributed by atoms with van der Waals surface area (Å²) in [6, 6.07) is 29.3. The minimum absolute atomic E-state index is 0.0182. The van der Waals surface area contributed by atoms with Crippen LogP contribution in [0.25, 0.3) is 6.08 Å². The number of allylic oxidation sites excluding steroid dienone is 1. The minimum atomic E-state index is -3.05. The van der Waals surface area contributed by atoms with Crippen molar-refractivity contribution in [2.45, 2.75) is 173 Å². The summed E-state index contributed by atoms with van der Waals surface area (Å²) in [6.45, 7) is 22.2. The van der Waals surface area contributed by atoms with Crippen molar-refractivity contribution in [2.75, 3.05) is 19.6 Å². The average Bonchev–Trinajstić information content (AvgIpc) is 1.08. The number of ether oxygens (including phenoxy) is 2. The number of hydrogen-bond donors (Lipinski definition) is 6. The molecule has 2 heterocycles. The van der Waals surface area contributed by atoms with Crippen LogP contribution in [0.5, 0.6) is 5.75 Å². The Morgan fingerprint density at radius 3 is 1.91 bits per heavy atom. The zero-order chi connectivity index (χ0) is 65.8. The highest BCUT2D eigenvalue weighted by Gasteiger charge is 2.48. The summed E-state index contributed by atoms with van der Waals surface area (Å²) in [4.78, 5) is 120. The van der Waals surface area contributed by atoms with Crippen molar-refractivity contribution in [2.24, 2.45) is 10.7 Å². The van der Waals surface area contributed by atoms with Gasteiger partial charge in [0.1, 0.15) is 43.2 Å². The van der Waals surface area contributed by atoms with Crippen LogP contribution in [0, 0.1) is 0 Å². The van der Waals surface area contributed by atoms with Crippen molar-refractivity contribution in [3.05, 3.63) is 155 Å². The lowest BCUT2D eigenvalue weighted by molar-refractivity contribution is -0.142. The molecule has 7 N–H and O–H groups in total. The van der Waals surface area contributed by atoms with E-state index in [1.807, 2.05) is 101 Å². The van der Waals surface area contributed by atoms with E-state index in [1.165, 1.54) is 17.1 Å². The second-order valence-corrected chi connectivity index (χ2v) is 35.3. The number of rotatable bonds is 20. The molecule has 0 bridgehead atoms. The Kier molecular flexibility index (Phi) is 25.8. The van der Waals surface area contributed by atoms with Gasteiger partial charge in [-0.1, -0.05) is 165 Å². The molecule has 90 heavy (non-hydrogen) atoms. The normalized spacial score (nSPS) is 20.2. The van der Waals surface area contributed by atoms with Gasteiger partial charge in [0.15, 0.2) is 8.32 Å². The monoisotopic (exact) mass is 1270 g/mol. The first-order chi connectivity index (χ1) is 42.7. The molecule has 0 aromatic heterocycles. The highest BCUT2D eigenvalue weighted by Crippen LogP contribution is 2.43. The van der Waals surface area contributed by atoms with Crippen molar-refractivity contribution >= 4 is 76.8 Å². The Balaban J connectivity index is 1.44. The Labute approximate surface area is 531 Å². The summed E-state index contributed by atoms with van der Waals surface area (Å²) >= 11 is 0. The van der Waals surface area contributed by atoms with Crippen LogP contribution in [0.3, 0.4) is 0 Å². The molecule has 0 aliphatic carbocycles. The summed E-state index contributed by atoms with van der Waals surface area (Å²) in [5.74, 6) is -3.26. The predicted octanol–water partition coefficient (Wildman–Crippen LogP) is 9.16. The van der Waals surface area contributed by atoms with Crippen LogP contribution in [0.4, 0.5) is 9.59 Å². The second kappa shape index (κ2) is 32.9. The Morgan fingerprint density at radius 1 is 0.767 bits per heavy atom. The Bertz CT molecular complexity index is 3150. The van der Waals surface area contributed by atoms with Gasteiger partial charge in [0.05, 0.1) is 6.04 Å². The van der Waals surface area contributed by atoms with Gasteiger partial charge < -0.3 is 55.5 Å². The van der Waals surface area contributed by atoms with Gasteiger partial charge in [-0.15, -0.1) is 4.99 Å². The molecule has 0 radical (unpaired) electrons. The number of carbonyl (C=O) groups is 8. The SMILES string of the molecule is CC(C)[Si](Oc1ccc(/C=C2/C=C/C(=O)NC[C@H](NC=O)C(=O)N3CCC[C@H]3C(=O)N[C@@H](CCCN(C(=O)OCc3ccccc3)/C(N)=N/C(=O)OCc3ccccc3)C(O[Si](C)(C)C(C)(C)C)C(=O)N[C@H](Cc3ccccc3)C(=O)N2)cc1)(C(C)C)C(C)C. The number of nitrogens with one attached hydrogen (secondary N) is 5. The van der Waals surface area contributed by atoms with Gasteiger partial charge in [-0.2, -0.15) is 0 Å². The number of nitrogens with two attached hydrogens (primary N) is 1. The first kappa shape index (κ1) is 70.7. The second-order valence-electron chi connectivity index (χ2n) is 25.2. The summed E-state index contributed by atoms with van der Waals surface area (Å²) in [5.41, 5.74) is 10.3. The lowest BCUT2D eigenvalue weighted by atomic mass is 10.0. The summed E-state index contributed by atoms with van der Waals surface area (Å²) in [5, 5.41) is 13.7. The van der Waals surface area contributed by atoms with E-state index in [0.717, 1.165) is 4.90 Å². The molecule has 1 unspecified atom stereocenters. The standard InChI is InChI=1S/C67H91N9O12Si2/c1-45(2)90(46(3)4,47(5)6)87-53-34-31-49(32-35-53)39-52-33-36-58(78)69-41-56(70-44-77)63(82)75-37-22-30-57(75)61(80)72-54(59(88-89(10,11)67(7,8)9)62(81)73-55(60(79)71-52)40-48-23-15-12-16-24-48)29-21-38-76(66(84)86-43-51-27-19-14-20-28-51)64(68)74-65(83)85-42-50-25-17-13-18-26-50/h12-20,23-28,31-36,39,44-47,54-57,59H,21-22,29-30,37-38,40-43H2,1-11H3,(H,69,78)(H,70,77)(H,71,79)(H,72,80)(H,73,81)(H2,68,74,83)/b36-33+,52-39-/t54-,55+,56-,57-,59?/m0/s1. The van der Waals surface area contributed by atoms with Gasteiger partial charge >= 0.3 is 12.2 Å². The smallest absolute Gasteiger partial charge is 0.437 e. The summed E-state index contributed by atoms with van der Waals surface area (Å²) < 4.78 is 25.1. The lowest BCUT2D eigenvalue weighted by Crippen LogP contribution is -2.62. The molecule has 2 aliphatic rings. The van der Waals surface area contributed by atoms with Crippen molar-refractivity contribution in [3.63, 3.8) is 0 Å². The number of nitrogens with zero attached hydrogens (tertiary/aromatic N) is 3. The molecule has 23 heteroatoms. The first-order valence-electron chi connectivity index (χ1n) is 30.9. The van der Waals surface area contributed by atoms with Crippen molar-refractivity contribution in [1.82, 2.24) is 36.4 Å². The van der Waals surface area contributed by atoms with Crippen LogP contribution in [0.2, 0.25) is 34.8 Å². The van der Waals surface area contributed by atoms with Crippen molar-refractivity contribution in [3.8, 4) is 5.75 Å². The molecule has 0 saturated carbocycles. The third-order valence-electron chi connectivity index (χ3n) is 16.9. The highest BCUT2D eigenvalue weighted by molar-refractivity contribution is 6.78. The van der Waals surface area contributed by atoms with Gasteiger partial charge in [0.2, 0.25) is 36.0 Å². The highest BCUT2D eigenvalue weighted by atomic mass is 28.4. The van der Waals surface area contributed by atoms with E-state index in [1.54, 1.807) is 54.6 Å². The number of carbonyl (C=O) groups excluding carboxylic acids is 8. The number of guanidine groups is 1. The third kappa shape index (κ3) is 19.8. The maximum absolute atomic E-state index is 15.7. The molecule has 1 saturated heterocycles. The fourth-order valence-corrected chi connectivity index (χ4v) is 17.6. The largest absolute Gasteiger partial charge is 0.543 e. The van der Waals surface area contributed by atoms with E-state index >= 15 is 14.4 Å². The molecule has 21 nitrogen and oxygen atoms in total. The van der Waals surface area contributed by atoms with Gasteiger partial charge in [-0.05, 0) is 107 Å². The van der Waals surface area contributed by atoms with Crippen LogP contribution in [0.1, 0.15) is 110 Å². The molecule has 0 spiro atoms. The van der Waals surface area contributed by atoms with E-state index in [9.17, 15) is 24.0 Å². The van der Waals surface area contributed by atoms with Crippen molar-refractivity contribution < 1.29 is 56.7 Å². The molecular formula is C67H91N9O12Si2. The Hall–Kier alpha value is -8.42. The van der Waals surface area contributed by atoms with E-state index in [4.69, 9.17) is 24.1 Å². The Morgan fingerprint density at radius 2 is 1.34 bits per heavy atom. The summed E-state index contributed by atoms with van der Waals surface area (Å²) in [6.07, 6.45) is 1.43. The van der Waals surface area contributed by atoms with E-state index in [-0.39, 0.29) is 64.2 Å². The minimum Gasteiger partial charge on any atom is -0.543 e. The predicted molar refractivity (Wildman–Crippen MR) is 351 cm³/mol. The maximum Gasteiger partial charge on any atom is 0.437 e. The fraction of sp³-hybridized carbons (Fsp3) is 0.448. The molecule has 1 fully saturated rings. The summed E-state index contributed by atoms with van der Waals surface area (Å²) in [7, 11) is -5.38. The number of hydrogen-bond acceptors (Lipinski definition) is 12. The van der Waals surface area contributed by atoms with Crippen LogP contribution in [0.15, 0.2) is 138 Å². The van der Waals surface area contributed by atoms with Gasteiger partial charge in [0.25, 0.3) is 14.2 Å². The number of aliphatic imine (C=N–C) groups is 1. The molecular weight excluding hydrogens is 1180 g/mol.